The molecule has 4 heteroatoms. The Kier molecular flexibility index (Phi) is 5.09. The lowest BCUT2D eigenvalue weighted by atomic mass is 9.92. The maximum absolute atomic E-state index is 12.3. The highest BCUT2D eigenvalue weighted by Crippen LogP contribution is 2.23. The van der Waals surface area contributed by atoms with Crippen LogP contribution < -0.4 is 5.32 Å². The summed E-state index contributed by atoms with van der Waals surface area (Å²) < 4.78 is 5.51. The molecule has 1 aromatic rings. The SMILES string of the molecule is CCC(NC1CCN(C(=O)C(C)(C)C)CC1)c1ccco1. The van der Waals surface area contributed by atoms with Gasteiger partial charge in [-0.2, -0.15) is 0 Å². The quantitative estimate of drug-likeness (QED) is 0.925. The van der Waals surface area contributed by atoms with Crippen molar-refractivity contribution in [3.8, 4) is 0 Å². The summed E-state index contributed by atoms with van der Waals surface area (Å²) in [5, 5.41) is 3.67. The summed E-state index contributed by atoms with van der Waals surface area (Å²) in [7, 11) is 0. The van der Waals surface area contributed by atoms with Gasteiger partial charge in [0.25, 0.3) is 0 Å². The molecule has 1 unspecified atom stereocenters. The predicted molar refractivity (Wildman–Crippen MR) is 83.9 cm³/mol. The topological polar surface area (TPSA) is 45.5 Å². The van der Waals surface area contributed by atoms with Crippen LogP contribution in [0.15, 0.2) is 22.8 Å². The lowest BCUT2D eigenvalue weighted by Gasteiger charge is -2.37. The third-order valence-electron chi connectivity index (χ3n) is 4.16. The van der Waals surface area contributed by atoms with Gasteiger partial charge in [0.1, 0.15) is 5.76 Å². The van der Waals surface area contributed by atoms with Crippen molar-refractivity contribution in [1.29, 1.82) is 0 Å². The fraction of sp³-hybridized carbons (Fsp3) is 0.706. The second kappa shape index (κ2) is 6.65. The van der Waals surface area contributed by atoms with Gasteiger partial charge in [0.2, 0.25) is 5.91 Å². The Morgan fingerprint density at radius 1 is 1.43 bits per heavy atom. The minimum absolute atomic E-state index is 0.263. The molecule has 1 aliphatic heterocycles. The molecule has 118 valence electrons. The van der Waals surface area contributed by atoms with Crippen LogP contribution in [-0.2, 0) is 4.79 Å². The number of nitrogens with zero attached hydrogens (tertiary/aromatic N) is 1. The Bertz CT molecular complexity index is 440. The molecule has 2 heterocycles. The van der Waals surface area contributed by atoms with Gasteiger partial charge in [-0.3, -0.25) is 4.79 Å². The van der Waals surface area contributed by atoms with E-state index in [-0.39, 0.29) is 17.4 Å². The maximum atomic E-state index is 12.3. The van der Waals surface area contributed by atoms with Gasteiger partial charge in [0, 0.05) is 24.5 Å². The van der Waals surface area contributed by atoms with Crippen LogP contribution in [0, 0.1) is 5.41 Å². The molecule has 1 aliphatic rings. The van der Waals surface area contributed by atoms with Crippen LogP contribution in [-0.4, -0.2) is 29.9 Å². The summed E-state index contributed by atoms with van der Waals surface area (Å²) in [5.74, 6) is 1.27. The molecule has 1 fully saturated rings. The van der Waals surface area contributed by atoms with Crippen molar-refractivity contribution in [2.75, 3.05) is 13.1 Å². The second-order valence-corrected chi connectivity index (χ2v) is 6.96. The van der Waals surface area contributed by atoms with E-state index in [1.807, 2.05) is 37.8 Å². The van der Waals surface area contributed by atoms with Crippen LogP contribution in [0.2, 0.25) is 0 Å². The average molecular weight is 292 g/mol. The van der Waals surface area contributed by atoms with Gasteiger partial charge in [0.15, 0.2) is 0 Å². The number of amides is 1. The van der Waals surface area contributed by atoms with Gasteiger partial charge in [-0.05, 0) is 31.4 Å². The number of piperidine rings is 1. The van der Waals surface area contributed by atoms with Crippen LogP contribution in [0.1, 0.15) is 58.8 Å². The summed E-state index contributed by atoms with van der Waals surface area (Å²) >= 11 is 0. The highest BCUT2D eigenvalue weighted by molar-refractivity contribution is 5.81. The molecular formula is C17H28N2O2. The standard InChI is InChI=1S/C17H28N2O2/c1-5-14(15-7-6-12-21-15)18-13-8-10-19(11-9-13)16(20)17(2,3)4/h6-7,12-14,18H,5,8-11H2,1-4H3. The third-order valence-corrected chi connectivity index (χ3v) is 4.16. The summed E-state index contributed by atoms with van der Waals surface area (Å²) in [6.45, 7) is 9.83. The lowest BCUT2D eigenvalue weighted by Crippen LogP contribution is -2.48. The number of rotatable bonds is 4. The van der Waals surface area contributed by atoms with Crippen LogP contribution in [0.5, 0.6) is 0 Å². The van der Waals surface area contributed by atoms with Gasteiger partial charge < -0.3 is 14.6 Å². The number of likely N-dealkylation sites (tertiary alicyclic amines) is 1. The van der Waals surface area contributed by atoms with Gasteiger partial charge in [-0.1, -0.05) is 27.7 Å². The van der Waals surface area contributed by atoms with Crippen molar-refractivity contribution in [1.82, 2.24) is 10.2 Å². The average Bonchev–Trinajstić information content (AvgIpc) is 2.97. The molecule has 21 heavy (non-hydrogen) atoms. The van der Waals surface area contributed by atoms with E-state index in [0.717, 1.165) is 38.1 Å². The molecule has 1 N–H and O–H groups in total. The van der Waals surface area contributed by atoms with E-state index in [0.29, 0.717) is 6.04 Å². The fourth-order valence-corrected chi connectivity index (χ4v) is 2.90. The first-order valence-electron chi connectivity index (χ1n) is 8.00. The van der Waals surface area contributed by atoms with Gasteiger partial charge >= 0.3 is 0 Å². The first-order chi connectivity index (χ1) is 9.91. The van der Waals surface area contributed by atoms with Crippen LogP contribution >= 0.6 is 0 Å². The van der Waals surface area contributed by atoms with Crippen molar-refractivity contribution in [3.63, 3.8) is 0 Å². The van der Waals surface area contributed by atoms with E-state index in [9.17, 15) is 4.79 Å². The second-order valence-electron chi connectivity index (χ2n) is 6.96. The summed E-state index contributed by atoms with van der Waals surface area (Å²) in [6, 6.07) is 4.70. The Hall–Kier alpha value is -1.29. The zero-order chi connectivity index (χ0) is 15.5. The van der Waals surface area contributed by atoms with Crippen molar-refractivity contribution in [2.45, 2.75) is 59.0 Å². The number of carbonyl (C=O) groups is 1. The van der Waals surface area contributed by atoms with E-state index in [4.69, 9.17) is 4.42 Å². The number of carbonyl (C=O) groups excluding carboxylic acids is 1. The van der Waals surface area contributed by atoms with Crippen LogP contribution in [0.25, 0.3) is 0 Å². The fourth-order valence-electron chi connectivity index (χ4n) is 2.90. The molecule has 1 atom stereocenters. The summed E-state index contributed by atoms with van der Waals surface area (Å²) in [6.07, 6.45) is 4.76. The first kappa shape index (κ1) is 16.1. The molecule has 0 aromatic carbocycles. The first-order valence-corrected chi connectivity index (χ1v) is 8.00. The molecule has 4 nitrogen and oxygen atoms in total. The minimum atomic E-state index is -0.277. The molecule has 0 bridgehead atoms. The number of nitrogens with one attached hydrogen (secondary N) is 1. The van der Waals surface area contributed by atoms with E-state index in [2.05, 4.69) is 12.2 Å². The summed E-state index contributed by atoms with van der Waals surface area (Å²) in [4.78, 5) is 14.3. The number of hydrogen-bond acceptors (Lipinski definition) is 3. The van der Waals surface area contributed by atoms with Gasteiger partial charge in [-0.15, -0.1) is 0 Å². The highest BCUT2D eigenvalue weighted by Gasteiger charge is 2.31. The molecule has 0 radical (unpaired) electrons. The normalized spacial score (nSPS) is 18.8. The number of furan rings is 1. The highest BCUT2D eigenvalue weighted by atomic mass is 16.3. The van der Waals surface area contributed by atoms with Crippen LogP contribution in [0.3, 0.4) is 0 Å². The summed E-state index contributed by atoms with van der Waals surface area (Å²) in [5.41, 5.74) is -0.277. The molecule has 0 saturated carbocycles. The molecule has 0 spiro atoms. The number of hydrogen-bond donors (Lipinski definition) is 1. The van der Waals surface area contributed by atoms with E-state index >= 15 is 0 Å². The Morgan fingerprint density at radius 2 is 2.10 bits per heavy atom. The molecule has 1 aromatic heterocycles. The molecule has 1 saturated heterocycles. The minimum Gasteiger partial charge on any atom is -0.468 e. The molecular weight excluding hydrogens is 264 g/mol. The maximum Gasteiger partial charge on any atom is 0.227 e. The third kappa shape index (κ3) is 4.10. The van der Waals surface area contributed by atoms with E-state index in [1.165, 1.54) is 0 Å². The van der Waals surface area contributed by atoms with Crippen LogP contribution in [0.4, 0.5) is 0 Å². The zero-order valence-corrected chi connectivity index (χ0v) is 13.7. The van der Waals surface area contributed by atoms with Gasteiger partial charge in [0.05, 0.1) is 12.3 Å². The monoisotopic (exact) mass is 292 g/mol. The van der Waals surface area contributed by atoms with Crippen molar-refractivity contribution < 1.29 is 9.21 Å². The van der Waals surface area contributed by atoms with E-state index < -0.39 is 0 Å². The molecule has 1 amide bonds. The Morgan fingerprint density at radius 3 is 2.57 bits per heavy atom. The van der Waals surface area contributed by atoms with Crippen molar-refractivity contribution in [3.05, 3.63) is 24.2 Å². The Labute approximate surface area is 127 Å². The molecule has 2 rings (SSSR count). The van der Waals surface area contributed by atoms with Crippen molar-refractivity contribution >= 4 is 5.91 Å². The smallest absolute Gasteiger partial charge is 0.227 e. The van der Waals surface area contributed by atoms with E-state index in [1.54, 1.807) is 6.26 Å². The molecule has 0 aliphatic carbocycles. The Balaban J connectivity index is 1.85. The largest absolute Gasteiger partial charge is 0.468 e. The lowest BCUT2D eigenvalue weighted by molar-refractivity contribution is -0.140. The van der Waals surface area contributed by atoms with Crippen molar-refractivity contribution in [2.24, 2.45) is 5.41 Å². The van der Waals surface area contributed by atoms with Gasteiger partial charge in [-0.25, -0.2) is 0 Å². The predicted octanol–water partition coefficient (Wildman–Crippen LogP) is 3.36. The zero-order valence-electron chi connectivity index (χ0n) is 13.7.